The quantitative estimate of drug-likeness (QED) is 0.637. The Balaban J connectivity index is 2.70. The Morgan fingerprint density at radius 2 is 2.15 bits per heavy atom. The molecule has 74 valence electrons. The third kappa shape index (κ3) is 2.43. The number of hydrogen-bond acceptors (Lipinski definition) is 1. The van der Waals surface area contributed by atoms with E-state index in [1.165, 1.54) is 12.8 Å². The zero-order chi connectivity index (χ0) is 10.1. The molecule has 0 saturated heterocycles. The predicted molar refractivity (Wildman–Crippen MR) is 55.6 cm³/mol. The highest BCUT2D eigenvalue weighted by Gasteiger charge is 2.28. The third-order valence-corrected chi connectivity index (χ3v) is 2.72. The van der Waals surface area contributed by atoms with Gasteiger partial charge in [-0.05, 0) is 30.8 Å². The minimum absolute atomic E-state index is 0.200. The summed E-state index contributed by atoms with van der Waals surface area (Å²) in [5.74, 6) is 0.991. The van der Waals surface area contributed by atoms with Gasteiger partial charge < -0.3 is 0 Å². The van der Waals surface area contributed by atoms with E-state index in [9.17, 15) is 4.79 Å². The van der Waals surface area contributed by atoms with Crippen molar-refractivity contribution < 1.29 is 4.79 Å². The van der Waals surface area contributed by atoms with Crippen LogP contribution in [-0.2, 0) is 4.79 Å². The molecule has 0 aromatic rings. The first-order valence-corrected chi connectivity index (χ1v) is 5.20. The van der Waals surface area contributed by atoms with Crippen molar-refractivity contribution in [2.45, 2.75) is 47.0 Å². The van der Waals surface area contributed by atoms with Gasteiger partial charge in [-0.25, -0.2) is 0 Å². The Kier molecular flexibility index (Phi) is 2.94. The number of Topliss-reactive ketones (excluding diaryl/α,β-unsaturated/α-hetero) is 1. The van der Waals surface area contributed by atoms with Gasteiger partial charge in [0.05, 0.1) is 0 Å². The molecular formula is C12H20O. The second-order valence-electron chi connectivity index (χ2n) is 4.98. The van der Waals surface area contributed by atoms with E-state index >= 15 is 0 Å². The zero-order valence-electron chi connectivity index (χ0n) is 9.18. The summed E-state index contributed by atoms with van der Waals surface area (Å²) >= 11 is 0. The third-order valence-electron chi connectivity index (χ3n) is 2.72. The van der Waals surface area contributed by atoms with Crippen LogP contribution in [0.5, 0.6) is 0 Å². The molecular weight excluding hydrogens is 160 g/mol. The van der Waals surface area contributed by atoms with E-state index in [4.69, 9.17) is 0 Å². The minimum Gasteiger partial charge on any atom is -0.294 e. The fraction of sp³-hybridized carbons (Fsp3) is 0.750. The highest BCUT2D eigenvalue weighted by molar-refractivity contribution is 5.99. The normalized spacial score (nSPS) is 23.1. The number of carbonyl (C=O) groups is 1. The molecule has 0 spiro atoms. The van der Waals surface area contributed by atoms with Crippen LogP contribution in [0.25, 0.3) is 0 Å². The van der Waals surface area contributed by atoms with Crippen molar-refractivity contribution in [1.29, 1.82) is 0 Å². The topological polar surface area (TPSA) is 17.1 Å². The van der Waals surface area contributed by atoms with Gasteiger partial charge in [0.1, 0.15) is 0 Å². The maximum atomic E-state index is 11.9. The minimum atomic E-state index is -0.200. The summed E-state index contributed by atoms with van der Waals surface area (Å²) in [4.78, 5) is 11.9. The van der Waals surface area contributed by atoms with Crippen LogP contribution in [-0.4, -0.2) is 5.78 Å². The van der Waals surface area contributed by atoms with E-state index < -0.39 is 0 Å². The zero-order valence-corrected chi connectivity index (χ0v) is 9.18. The van der Waals surface area contributed by atoms with Crippen LogP contribution in [0.2, 0.25) is 0 Å². The average molecular weight is 180 g/mol. The molecule has 1 heteroatoms. The predicted octanol–water partition coefficient (Wildman–Crippen LogP) is 3.35. The van der Waals surface area contributed by atoms with E-state index in [0.29, 0.717) is 11.7 Å². The molecule has 0 aliphatic heterocycles. The maximum Gasteiger partial charge on any atom is 0.163 e. The van der Waals surface area contributed by atoms with Gasteiger partial charge in [-0.15, -0.1) is 0 Å². The van der Waals surface area contributed by atoms with E-state index in [1.807, 2.05) is 20.8 Å². The van der Waals surface area contributed by atoms with Crippen molar-refractivity contribution in [3.63, 3.8) is 0 Å². The van der Waals surface area contributed by atoms with Gasteiger partial charge in [-0.3, -0.25) is 4.79 Å². The Morgan fingerprint density at radius 1 is 1.54 bits per heavy atom. The van der Waals surface area contributed by atoms with E-state index in [0.717, 1.165) is 12.0 Å². The number of ketones is 1. The lowest BCUT2D eigenvalue weighted by Crippen LogP contribution is -2.21. The number of allylic oxidation sites excluding steroid dienone is 2. The molecule has 0 amide bonds. The molecule has 1 nitrogen and oxygen atoms in total. The summed E-state index contributed by atoms with van der Waals surface area (Å²) in [6.07, 6.45) is 5.52. The van der Waals surface area contributed by atoms with Gasteiger partial charge in [-0.1, -0.05) is 33.8 Å². The van der Waals surface area contributed by atoms with Crippen LogP contribution in [0.1, 0.15) is 47.0 Å². The molecule has 1 aliphatic carbocycles. The van der Waals surface area contributed by atoms with Gasteiger partial charge in [0.2, 0.25) is 0 Å². The van der Waals surface area contributed by atoms with Crippen LogP contribution in [0.4, 0.5) is 0 Å². The van der Waals surface area contributed by atoms with Crippen molar-refractivity contribution in [3.05, 3.63) is 11.6 Å². The molecule has 0 aromatic heterocycles. The summed E-state index contributed by atoms with van der Waals surface area (Å²) in [6.45, 7) is 8.17. The highest BCUT2D eigenvalue weighted by atomic mass is 16.1. The monoisotopic (exact) mass is 180 g/mol. The molecule has 1 unspecified atom stereocenters. The highest BCUT2D eigenvalue weighted by Crippen LogP contribution is 2.31. The largest absolute Gasteiger partial charge is 0.294 e. The molecule has 1 aliphatic rings. The Hall–Kier alpha value is -0.590. The SMILES string of the molecule is CCC1C=C(C(=O)C(C)(C)C)CC1. The summed E-state index contributed by atoms with van der Waals surface area (Å²) in [7, 11) is 0. The van der Waals surface area contributed by atoms with Crippen molar-refractivity contribution in [2.75, 3.05) is 0 Å². The molecule has 0 fully saturated rings. The molecule has 0 bridgehead atoms. The van der Waals surface area contributed by atoms with E-state index in [2.05, 4.69) is 13.0 Å². The van der Waals surface area contributed by atoms with Gasteiger partial charge >= 0.3 is 0 Å². The number of rotatable bonds is 2. The smallest absolute Gasteiger partial charge is 0.163 e. The average Bonchev–Trinajstić information content (AvgIpc) is 2.48. The Labute approximate surface area is 81.2 Å². The maximum absolute atomic E-state index is 11.9. The van der Waals surface area contributed by atoms with Gasteiger partial charge in [-0.2, -0.15) is 0 Å². The molecule has 0 radical (unpaired) electrons. The lowest BCUT2D eigenvalue weighted by Gasteiger charge is -2.16. The van der Waals surface area contributed by atoms with E-state index in [1.54, 1.807) is 0 Å². The first-order chi connectivity index (χ1) is 5.95. The molecule has 13 heavy (non-hydrogen) atoms. The summed E-state index contributed by atoms with van der Waals surface area (Å²) in [6, 6.07) is 0. The van der Waals surface area contributed by atoms with Crippen LogP contribution < -0.4 is 0 Å². The molecule has 0 saturated carbocycles. The standard InChI is InChI=1S/C12H20O/c1-5-9-6-7-10(8-9)11(13)12(2,3)4/h8-9H,5-7H2,1-4H3. The summed E-state index contributed by atoms with van der Waals surface area (Å²) < 4.78 is 0. The van der Waals surface area contributed by atoms with Crippen LogP contribution in [0.15, 0.2) is 11.6 Å². The van der Waals surface area contributed by atoms with Crippen LogP contribution in [0.3, 0.4) is 0 Å². The Bertz CT molecular complexity index is 230. The van der Waals surface area contributed by atoms with Gasteiger partial charge in [0, 0.05) is 5.41 Å². The Morgan fingerprint density at radius 3 is 2.54 bits per heavy atom. The molecule has 0 aromatic carbocycles. The molecule has 0 heterocycles. The summed E-state index contributed by atoms with van der Waals surface area (Å²) in [5.41, 5.74) is 0.869. The van der Waals surface area contributed by atoms with Crippen molar-refractivity contribution in [1.82, 2.24) is 0 Å². The number of carbonyl (C=O) groups excluding carboxylic acids is 1. The lowest BCUT2D eigenvalue weighted by atomic mass is 9.86. The van der Waals surface area contributed by atoms with E-state index in [-0.39, 0.29) is 5.41 Å². The van der Waals surface area contributed by atoms with Crippen LogP contribution >= 0.6 is 0 Å². The first kappa shape index (κ1) is 10.5. The lowest BCUT2D eigenvalue weighted by molar-refractivity contribution is -0.122. The van der Waals surface area contributed by atoms with Crippen molar-refractivity contribution in [2.24, 2.45) is 11.3 Å². The van der Waals surface area contributed by atoms with Crippen molar-refractivity contribution in [3.8, 4) is 0 Å². The molecule has 1 rings (SSSR count). The van der Waals surface area contributed by atoms with Gasteiger partial charge in [0.25, 0.3) is 0 Å². The second-order valence-corrected chi connectivity index (χ2v) is 4.98. The fourth-order valence-corrected chi connectivity index (χ4v) is 1.78. The first-order valence-electron chi connectivity index (χ1n) is 5.20. The molecule has 0 N–H and O–H groups in total. The second kappa shape index (κ2) is 3.65. The molecule has 1 atom stereocenters. The van der Waals surface area contributed by atoms with Crippen LogP contribution in [0, 0.1) is 11.3 Å². The van der Waals surface area contributed by atoms with Crippen molar-refractivity contribution >= 4 is 5.78 Å². The number of hydrogen-bond donors (Lipinski definition) is 0. The van der Waals surface area contributed by atoms with Gasteiger partial charge in [0.15, 0.2) is 5.78 Å². The summed E-state index contributed by atoms with van der Waals surface area (Å²) in [5, 5.41) is 0. The fourth-order valence-electron chi connectivity index (χ4n) is 1.78.